The molecule has 2 heterocycles. The second-order valence-corrected chi connectivity index (χ2v) is 6.49. The lowest BCUT2D eigenvalue weighted by Crippen LogP contribution is -2.56. The second kappa shape index (κ2) is 8.47. The highest BCUT2D eigenvalue weighted by Crippen LogP contribution is 2.32. The van der Waals surface area contributed by atoms with Gasteiger partial charge in [0.15, 0.2) is 0 Å². The van der Waals surface area contributed by atoms with Crippen molar-refractivity contribution in [2.75, 3.05) is 13.1 Å². The van der Waals surface area contributed by atoms with Gasteiger partial charge in [-0.3, -0.25) is 14.5 Å². The van der Waals surface area contributed by atoms with E-state index >= 15 is 0 Å². The van der Waals surface area contributed by atoms with E-state index in [0.29, 0.717) is 18.8 Å². The molecule has 150 valence electrons. The van der Waals surface area contributed by atoms with Crippen molar-refractivity contribution in [3.05, 3.63) is 59.5 Å². The number of piperazine rings is 1. The molecular weight excluding hydrogens is 375 g/mol. The van der Waals surface area contributed by atoms with Crippen LogP contribution in [0.5, 0.6) is 0 Å². The van der Waals surface area contributed by atoms with Gasteiger partial charge in [-0.05, 0) is 23.8 Å². The zero-order valence-corrected chi connectivity index (χ0v) is 15.0. The molecule has 9 heteroatoms. The first kappa shape index (κ1) is 19.9. The largest absolute Gasteiger partial charge is 0.467 e. The van der Waals surface area contributed by atoms with E-state index in [0.717, 1.165) is 6.07 Å². The first-order chi connectivity index (χ1) is 13.3. The standard InChI is InChI=1S/C19H20F3N3O3/c20-19(21,22)15-6-2-1-4-13(15)12-25-8-7-23-18(27)16(25)10-17(26)24-11-14-5-3-9-28-14/h1-6,9,16H,7-8,10-12H2,(H,23,27)(H,24,26). The number of hydrogen-bond acceptors (Lipinski definition) is 4. The third-order valence-electron chi connectivity index (χ3n) is 4.56. The van der Waals surface area contributed by atoms with Gasteiger partial charge >= 0.3 is 6.18 Å². The van der Waals surface area contributed by atoms with E-state index in [9.17, 15) is 22.8 Å². The summed E-state index contributed by atoms with van der Waals surface area (Å²) < 4.78 is 44.9. The quantitative estimate of drug-likeness (QED) is 0.787. The number of rotatable bonds is 6. The van der Waals surface area contributed by atoms with Gasteiger partial charge in [0.2, 0.25) is 11.8 Å². The van der Waals surface area contributed by atoms with E-state index in [1.54, 1.807) is 17.0 Å². The molecule has 0 aliphatic carbocycles. The molecule has 0 bridgehead atoms. The molecule has 1 unspecified atom stereocenters. The molecule has 6 nitrogen and oxygen atoms in total. The summed E-state index contributed by atoms with van der Waals surface area (Å²) in [7, 11) is 0. The Kier molecular flexibility index (Phi) is 6.03. The molecular formula is C19H20F3N3O3. The second-order valence-electron chi connectivity index (χ2n) is 6.49. The van der Waals surface area contributed by atoms with Crippen molar-refractivity contribution in [2.45, 2.75) is 31.7 Å². The van der Waals surface area contributed by atoms with Gasteiger partial charge in [0.05, 0.1) is 30.8 Å². The molecule has 2 amide bonds. The van der Waals surface area contributed by atoms with Gasteiger partial charge in [-0.1, -0.05) is 18.2 Å². The van der Waals surface area contributed by atoms with Crippen LogP contribution in [0.1, 0.15) is 23.3 Å². The molecule has 2 N–H and O–H groups in total. The maximum absolute atomic E-state index is 13.3. The lowest BCUT2D eigenvalue weighted by Gasteiger charge is -2.35. The lowest BCUT2D eigenvalue weighted by molar-refractivity contribution is -0.139. The number of benzene rings is 1. The Morgan fingerprint density at radius 2 is 2.04 bits per heavy atom. The van der Waals surface area contributed by atoms with Gasteiger partial charge in [-0.15, -0.1) is 0 Å². The third kappa shape index (κ3) is 4.92. The minimum atomic E-state index is -4.48. The Bertz CT molecular complexity index is 821. The van der Waals surface area contributed by atoms with Crippen molar-refractivity contribution in [1.29, 1.82) is 0 Å². The summed E-state index contributed by atoms with van der Waals surface area (Å²) >= 11 is 0. The van der Waals surface area contributed by atoms with E-state index in [-0.39, 0.29) is 36.9 Å². The van der Waals surface area contributed by atoms with E-state index in [1.807, 2.05) is 0 Å². The van der Waals surface area contributed by atoms with Gasteiger partial charge < -0.3 is 15.1 Å². The van der Waals surface area contributed by atoms with Gasteiger partial charge in [0.1, 0.15) is 5.76 Å². The van der Waals surface area contributed by atoms with Crippen LogP contribution in [0.4, 0.5) is 13.2 Å². The average molecular weight is 395 g/mol. The molecule has 1 aromatic carbocycles. The van der Waals surface area contributed by atoms with E-state index < -0.39 is 17.8 Å². The third-order valence-corrected chi connectivity index (χ3v) is 4.56. The van der Waals surface area contributed by atoms with E-state index in [2.05, 4.69) is 10.6 Å². The van der Waals surface area contributed by atoms with E-state index in [4.69, 9.17) is 4.42 Å². The molecule has 1 aliphatic heterocycles. The van der Waals surface area contributed by atoms with Crippen LogP contribution in [0.25, 0.3) is 0 Å². The summed E-state index contributed by atoms with van der Waals surface area (Å²) in [4.78, 5) is 26.1. The van der Waals surface area contributed by atoms with Gasteiger partial charge in [0.25, 0.3) is 0 Å². The number of halogens is 3. The van der Waals surface area contributed by atoms with Crippen molar-refractivity contribution in [3.63, 3.8) is 0 Å². The summed E-state index contributed by atoms with van der Waals surface area (Å²) in [5.41, 5.74) is -0.660. The van der Waals surface area contributed by atoms with Crippen LogP contribution in [0.2, 0.25) is 0 Å². The van der Waals surface area contributed by atoms with Gasteiger partial charge in [-0.2, -0.15) is 13.2 Å². The fourth-order valence-electron chi connectivity index (χ4n) is 3.17. The average Bonchev–Trinajstić information content (AvgIpc) is 3.16. The number of nitrogens with zero attached hydrogens (tertiary/aromatic N) is 1. The predicted molar refractivity (Wildman–Crippen MR) is 93.8 cm³/mol. The van der Waals surface area contributed by atoms with Crippen molar-refractivity contribution in [1.82, 2.24) is 15.5 Å². The number of furan rings is 1. The molecule has 2 aromatic rings. The molecule has 0 saturated carbocycles. The molecule has 0 radical (unpaired) electrons. The first-order valence-electron chi connectivity index (χ1n) is 8.80. The van der Waals surface area contributed by atoms with Crippen molar-refractivity contribution >= 4 is 11.8 Å². The molecule has 3 rings (SSSR count). The predicted octanol–water partition coefficient (Wildman–Crippen LogP) is 2.31. The Balaban J connectivity index is 1.69. The van der Waals surface area contributed by atoms with Crippen molar-refractivity contribution in [2.24, 2.45) is 0 Å². The summed E-state index contributed by atoms with van der Waals surface area (Å²) in [6.07, 6.45) is -3.15. The topological polar surface area (TPSA) is 74.6 Å². The fraction of sp³-hybridized carbons (Fsp3) is 0.368. The number of amides is 2. The van der Waals surface area contributed by atoms with Crippen LogP contribution in [0.15, 0.2) is 47.1 Å². The van der Waals surface area contributed by atoms with Crippen LogP contribution in [-0.4, -0.2) is 35.8 Å². The molecule has 1 atom stereocenters. The summed E-state index contributed by atoms with van der Waals surface area (Å²) in [5, 5.41) is 5.32. The Hall–Kier alpha value is -2.81. The maximum Gasteiger partial charge on any atom is 0.416 e. The molecule has 1 fully saturated rings. The number of alkyl halides is 3. The van der Waals surface area contributed by atoms with Gasteiger partial charge in [-0.25, -0.2) is 0 Å². The molecule has 0 spiro atoms. The van der Waals surface area contributed by atoms with Gasteiger partial charge in [0, 0.05) is 19.6 Å². The minimum absolute atomic E-state index is 0.0702. The van der Waals surface area contributed by atoms with Crippen LogP contribution in [0.3, 0.4) is 0 Å². The Morgan fingerprint density at radius 3 is 2.75 bits per heavy atom. The van der Waals surface area contributed by atoms with Crippen molar-refractivity contribution < 1.29 is 27.2 Å². The maximum atomic E-state index is 13.3. The Morgan fingerprint density at radius 1 is 1.25 bits per heavy atom. The lowest BCUT2D eigenvalue weighted by atomic mass is 10.0. The highest BCUT2D eigenvalue weighted by Gasteiger charge is 2.36. The zero-order valence-electron chi connectivity index (χ0n) is 15.0. The number of hydrogen-bond donors (Lipinski definition) is 2. The zero-order chi connectivity index (χ0) is 20.1. The molecule has 1 aromatic heterocycles. The fourth-order valence-corrected chi connectivity index (χ4v) is 3.17. The van der Waals surface area contributed by atoms with Crippen LogP contribution < -0.4 is 10.6 Å². The number of carbonyl (C=O) groups excluding carboxylic acids is 2. The normalized spacial score (nSPS) is 18.0. The highest BCUT2D eigenvalue weighted by atomic mass is 19.4. The summed E-state index contributed by atoms with van der Waals surface area (Å²) in [6.45, 7) is 0.780. The number of nitrogens with one attached hydrogen (secondary N) is 2. The SMILES string of the molecule is O=C(CC1C(=O)NCCN1Cc1ccccc1C(F)(F)F)NCc1ccco1. The Labute approximate surface area is 159 Å². The van der Waals surface area contributed by atoms with Crippen LogP contribution >= 0.6 is 0 Å². The van der Waals surface area contributed by atoms with E-state index in [1.165, 1.54) is 24.5 Å². The monoisotopic (exact) mass is 395 g/mol. The molecule has 28 heavy (non-hydrogen) atoms. The van der Waals surface area contributed by atoms with Crippen LogP contribution in [0, 0.1) is 0 Å². The summed E-state index contributed by atoms with van der Waals surface area (Å²) in [6, 6.07) is 7.82. The first-order valence-corrected chi connectivity index (χ1v) is 8.80. The number of carbonyl (C=O) groups is 2. The summed E-state index contributed by atoms with van der Waals surface area (Å²) in [5.74, 6) is -0.186. The van der Waals surface area contributed by atoms with Crippen molar-refractivity contribution in [3.8, 4) is 0 Å². The smallest absolute Gasteiger partial charge is 0.416 e. The molecule has 1 saturated heterocycles. The van der Waals surface area contributed by atoms with Crippen LogP contribution in [-0.2, 0) is 28.9 Å². The minimum Gasteiger partial charge on any atom is -0.467 e. The molecule has 1 aliphatic rings. The highest BCUT2D eigenvalue weighted by molar-refractivity contribution is 5.88.